The number of aliphatic hydroxyl groups is 1. The van der Waals surface area contributed by atoms with Crippen LogP contribution in [0.5, 0.6) is 0 Å². The third-order valence-electron chi connectivity index (χ3n) is 10.5. The van der Waals surface area contributed by atoms with Crippen molar-refractivity contribution < 1.29 is 9.84 Å². The van der Waals surface area contributed by atoms with Crippen LogP contribution in [-0.2, 0) is 4.74 Å². The number of ether oxygens (including phenoxy) is 1. The number of hydrogen-bond acceptors (Lipinski definition) is 3. The predicted molar refractivity (Wildman–Crippen MR) is 230 cm³/mol. The zero-order valence-corrected chi connectivity index (χ0v) is 35.4. The molecule has 0 aliphatic heterocycles. The van der Waals surface area contributed by atoms with Gasteiger partial charge in [-0.25, -0.2) is 0 Å². The van der Waals surface area contributed by atoms with Crippen LogP contribution in [0.2, 0.25) is 0 Å². The van der Waals surface area contributed by atoms with Crippen molar-refractivity contribution in [2.45, 2.75) is 245 Å². The summed E-state index contributed by atoms with van der Waals surface area (Å²) in [6.07, 6.45) is 56.9. The first-order valence-corrected chi connectivity index (χ1v) is 23.1. The van der Waals surface area contributed by atoms with Crippen LogP contribution in [0.1, 0.15) is 239 Å². The Bertz CT molecular complexity index is 746. The third kappa shape index (κ3) is 40.1. The summed E-state index contributed by atoms with van der Waals surface area (Å²) in [6, 6.07) is 0. The monoisotopic (exact) mass is 716 g/mol. The van der Waals surface area contributed by atoms with Crippen molar-refractivity contribution in [1.82, 2.24) is 4.90 Å². The van der Waals surface area contributed by atoms with Gasteiger partial charge in [-0.15, -0.1) is 0 Å². The van der Waals surface area contributed by atoms with Crippen LogP contribution < -0.4 is 0 Å². The van der Waals surface area contributed by atoms with Crippen LogP contribution in [0.4, 0.5) is 0 Å². The van der Waals surface area contributed by atoms with Crippen LogP contribution >= 0.6 is 0 Å². The van der Waals surface area contributed by atoms with E-state index in [0.717, 1.165) is 45.1 Å². The van der Waals surface area contributed by atoms with E-state index in [-0.39, 0.29) is 0 Å². The van der Waals surface area contributed by atoms with Gasteiger partial charge in [-0.1, -0.05) is 179 Å². The highest BCUT2D eigenvalue weighted by Gasteiger charge is 2.26. The molecule has 0 aromatic heterocycles. The third-order valence-corrected chi connectivity index (χ3v) is 10.5. The molecule has 0 saturated carbocycles. The van der Waals surface area contributed by atoms with Gasteiger partial charge in [0.15, 0.2) is 5.79 Å². The lowest BCUT2D eigenvalue weighted by molar-refractivity contribution is -0.214. The number of rotatable bonds is 42. The Morgan fingerprint density at radius 3 is 1.22 bits per heavy atom. The second-order valence-corrected chi connectivity index (χ2v) is 15.9. The molecule has 0 amide bonds. The molecule has 0 aromatic carbocycles. The summed E-state index contributed by atoms with van der Waals surface area (Å²) in [4.78, 5) is 2.45. The lowest BCUT2D eigenvalue weighted by Crippen LogP contribution is -2.33. The molecule has 0 heterocycles. The predicted octanol–water partition coefficient (Wildman–Crippen LogP) is 15.6. The maximum Gasteiger partial charge on any atom is 0.165 e. The van der Waals surface area contributed by atoms with Crippen LogP contribution in [0, 0.1) is 0 Å². The SMILES string of the molecule is CCCCCC=CCC=CCCCCCCCCC(O)(CCCCCCCCC=CCCCCCCCC)OCCCN(C)CCCCCCC. The van der Waals surface area contributed by atoms with Gasteiger partial charge in [0.2, 0.25) is 0 Å². The first kappa shape index (κ1) is 50.1. The Morgan fingerprint density at radius 1 is 0.412 bits per heavy atom. The topological polar surface area (TPSA) is 32.7 Å². The smallest absolute Gasteiger partial charge is 0.165 e. The fourth-order valence-electron chi connectivity index (χ4n) is 7.00. The average Bonchev–Trinajstić information content (AvgIpc) is 3.13. The van der Waals surface area contributed by atoms with Crippen molar-refractivity contribution in [2.24, 2.45) is 0 Å². The van der Waals surface area contributed by atoms with E-state index in [1.165, 1.54) is 186 Å². The summed E-state index contributed by atoms with van der Waals surface area (Å²) < 4.78 is 6.30. The van der Waals surface area contributed by atoms with E-state index in [1.807, 2.05) is 0 Å². The van der Waals surface area contributed by atoms with Crippen LogP contribution in [-0.4, -0.2) is 42.5 Å². The van der Waals surface area contributed by atoms with Crippen LogP contribution in [0.25, 0.3) is 0 Å². The van der Waals surface area contributed by atoms with E-state index >= 15 is 0 Å². The van der Waals surface area contributed by atoms with E-state index in [4.69, 9.17) is 4.74 Å². The van der Waals surface area contributed by atoms with Crippen LogP contribution in [0.3, 0.4) is 0 Å². The van der Waals surface area contributed by atoms with E-state index in [1.54, 1.807) is 0 Å². The molecule has 51 heavy (non-hydrogen) atoms. The highest BCUT2D eigenvalue weighted by molar-refractivity contribution is 4.92. The minimum absolute atomic E-state index is 0.672. The van der Waals surface area contributed by atoms with E-state index < -0.39 is 5.79 Å². The van der Waals surface area contributed by atoms with Crippen molar-refractivity contribution in [2.75, 3.05) is 26.7 Å². The molecule has 0 spiro atoms. The van der Waals surface area contributed by atoms with Gasteiger partial charge in [0, 0.05) is 19.4 Å². The van der Waals surface area contributed by atoms with Crippen molar-refractivity contribution in [3.8, 4) is 0 Å². The summed E-state index contributed by atoms with van der Waals surface area (Å²) in [5.74, 6) is -0.936. The molecule has 0 saturated heterocycles. The van der Waals surface area contributed by atoms with Crippen molar-refractivity contribution in [3.63, 3.8) is 0 Å². The van der Waals surface area contributed by atoms with Gasteiger partial charge in [0.1, 0.15) is 0 Å². The molecule has 3 heteroatoms. The number of allylic oxidation sites excluding steroid dienone is 6. The standard InChI is InChI=1S/C48H93NO2/c1-5-8-11-14-16-18-20-22-24-26-28-30-32-34-36-39-43-48(50,51-47-42-46-49(4)45-41-38-13-10-7-3)44-40-37-35-33-31-29-27-25-23-21-19-17-15-12-9-6-2/h16,18,22-25,50H,5-15,17,19-21,26-47H2,1-4H3. The van der Waals surface area contributed by atoms with E-state index in [9.17, 15) is 5.11 Å². The molecule has 3 nitrogen and oxygen atoms in total. The molecular weight excluding hydrogens is 623 g/mol. The van der Waals surface area contributed by atoms with Gasteiger partial charge in [0.25, 0.3) is 0 Å². The Kier molecular flexibility index (Phi) is 41.1. The quantitative estimate of drug-likeness (QED) is 0.0388. The minimum Gasteiger partial charge on any atom is -0.365 e. The maximum absolute atomic E-state index is 11.6. The molecule has 1 atom stereocenters. The van der Waals surface area contributed by atoms with Gasteiger partial charge >= 0.3 is 0 Å². The van der Waals surface area contributed by atoms with E-state index in [2.05, 4.69) is 69.2 Å². The fraction of sp³-hybridized carbons (Fsp3) is 0.875. The summed E-state index contributed by atoms with van der Waals surface area (Å²) in [5.41, 5.74) is 0. The average molecular weight is 716 g/mol. The van der Waals surface area contributed by atoms with Crippen LogP contribution in [0.15, 0.2) is 36.5 Å². The Balaban J connectivity index is 4.22. The van der Waals surface area contributed by atoms with Crippen molar-refractivity contribution in [1.29, 1.82) is 0 Å². The largest absolute Gasteiger partial charge is 0.365 e. The first-order valence-electron chi connectivity index (χ1n) is 23.1. The molecule has 0 aliphatic rings. The first-order chi connectivity index (χ1) is 25.1. The van der Waals surface area contributed by atoms with Gasteiger partial charge < -0.3 is 14.7 Å². The lowest BCUT2D eigenvalue weighted by atomic mass is 9.98. The molecule has 302 valence electrons. The molecule has 0 aromatic rings. The molecule has 0 aliphatic carbocycles. The molecule has 0 bridgehead atoms. The normalized spacial score (nSPS) is 13.5. The highest BCUT2D eigenvalue weighted by atomic mass is 16.6. The summed E-state index contributed by atoms with van der Waals surface area (Å²) in [6.45, 7) is 9.74. The van der Waals surface area contributed by atoms with Crippen molar-refractivity contribution >= 4 is 0 Å². The zero-order valence-electron chi connectivity index (χ0n) is 35.4. The van der Waals surface area contributed by atoms with Gasteiger partial charge in [-0.05, 0) is 97.1 Å². The summed E-state index contributed by atoms with van der Waals surface area (Å²) in [7, 11) is 2.24. The molecule has 0 rings (SSSR count). The van der Waals surface area contributed by atoms with Crippen molar-refractivity contribution in [3.05, 3.63) is 36.5 Å². The molecule has 1 unspecified atom stereocenters. The molecular formula is C48H93NO2. The fourth-order valence-corrected chi connectivity index (χ4v) is 7.00. The second kappa shape index (κ2) is 41.9. The second-order valence-electron chi connectivity index (χ2n) is 15.9. The van der Waals surface area contributed by atoms with Gasteiger partial charge in [0.05, 0.1) is 6.61 Å². The Labute approximate surface area is 321 Å². The molecule has 1 N–H and O–H groups in total. The number of hydrogen-bond donors (Lipinski definition) is 1. The number of nitrogens with zero attached hydrogens (tertiary/aromatic N) is 1. The number of unbranched alkanes of at least 4 members (excludes halogenated alkanes) is 25. The molecule has 0 fully saturated rings. The highest BCUT2D eigenvalue weighted by Crippen LogP contribution is 2.25. The Morgan fingerprint density at radius 2 is 0.745 bits per heavy atom. The van der Waals surface area contributed by atoms with Gasteiger partial charge in [-0.2, -0.15) is 0 Å². The maximum atomic E-state index is 11.6. The summed E-state index contributed by atoms with van der Waals surface area (Å²) in [5, 5.41) is 11.6. The summed E-state index contributed by atoms with van der Waals surface area (Å²) >= 11 is 0. The minimum atomic E-state index is -0.936. The lowest BCUT2D eigenvalue weighted by Gasteiger charge is -2.29. The Hall–Kier alpha value is -0.900. The van der Waals surface area contributed by atoms with Gasteiger partial charge in [-0.3, -0.25) is 0 Å². The zero-order chi connectivity index (χ0) is 37.2. The molecule has 0 radical (unpaired) electrons. The van der Waals surface area contributed by atoms with E-state index in [0.29, 0.717) is 6.61 Å².